The maximum Gasteiger partial charge on any atom is 0.337 e. The van der Waals surface area contributed by atoms with E-state index in [1.54, 1.807) is 19.1 Å². The van der Waals surface area contributed by atoms with Gasteiger partial charge in [0.25, 0.3) is 0 Å². The van der Waals surface area contributed by atoms with Crippen molar-refractivity contribution in [3.8, 4) is 0 Å². The largest absolute Gasteiger partial charge is 0.462 e. The Morgan fingerprint density at radius 1 is 1.42 bits per heavy atom. The number of carbonyl (C=O) groups excluding carboxylic acids is 2. The average Bonchev–Trinajstić information content (AvgIpc) is 2.92. The van der Waals surface area contributed by atoms with Gasteiger partial charge in [0.05, 0.1) is 29.4 Å². The minimum absolute atomic E-state index is 0.170. The molecule has 126 valence electrons. The molecule has 0 aromatic heterocycles. The highest BCUT2D eigenvalue weighted by Crippen LogP contribution is 2.43. The van der Waals surface area contributed by atoms with Gasteiger partial charge in [0, 0.05) is 10.7 Å². The van der Waals surface area contributed by atoms with Gasteiger partial charge < -0.3 is 14.8 Å². The molecule has 24 heavy (non-hydrogen) atoms. The van der Waals surface area contributed by atoms with Crippen LogP contribution >= 0.6 is 11.6 Å². The summed E-state index contributed by atoms with van der Waals surface area (Å²) >= 11 is 6.35. The molecule has 6 heteroatoms. The summed E-state index contributed by atoms with van der Waals surface area (Å²) in [6.07, 6.45) is 0.720. The summed E-state index contributed by atoms with van der Waals surface area (Å²) in [6, 6.07) is 7.19. The lowest BCUT2D eigenvalue weighted by atomic mass is 9.81. The van der Waals surface area contributed by atoms with Crippen LogP contribution in [0.15, 0.2) is 46.8 Å². The molecule has 1 atom stereocenters. The first-order valence-electron chi connectivity index (χ1n) is 7.84. The van der Waals surface area contributed by atoms with E-state index < -0.39 is 17.9 Å². The van der Waals surface area contributed by atoms with Gasteiger partial charge in [-0.2, -0.15) is 0 Å². The second-order valence-electron chi connectivity index (χ2n) is 5.72. The predicted octanol–water partition coefficient (Wildman–Crippen LogP) is 3.06. The van der Waals surface area contributed by atoms with Crippen LogP contribution in [0.25, 0.3) is 0 Å². The van der Waals surface area contributed by atoms with Crippen LogP contribution in [0.4, 0.5) is 0 Å². The molecule has 0 aliphatic carbocycles. The molecule has 0 spiro atoms. The number of carbonyl (C=O) groups is 2. The van der Waals surface area contributed by atoms with E-state index in [-0.39, 0.29) is 6.61 Å². The minimum Gasteiger partial charge on any atom is -0.462 e. The van der Waals surface area contributed by atoms with Crippen LogP contribution in [0.1, 0.15) is 31.7 Å². The van der Waals surface area contributed by atoms with Crippen molar-refractivity contribution >= 4 is 23.5 Å². The number of esters is 2. The summed E-state index contributed by atoms with van der Waals surface area (Å²) in [5, 5.41) is 3.60. The van der Waals surface area contributed by atoms with E-state index in [9.17, 15) is 9.59 Å². The van der Waals surface area contributed by atoms with Crippen molar-refractivity contribution in [3.63, 3.8) is 0 Å². The second kappa shape index (κ2) is 6.69. The number of cyclic esters (lactones) is 1. The Labute approximate surface area is 145 Å². The monoisotopic (exact) mass is 347 g/mol. The number of benzene rings is 1. The normalized spacial score (nSPS) is 19.8. The summed E-state index contributed by atoms with van der Waals surface area (Å²) < 4.78 is 10.5. The van der Waals surface area contributed by atoms with Crippen LogP contribution in [-0.4, -0.2) is 25.2 Å². The summed E-state index contributed by atoms with van der Waals surface area (Å²) in [5.41, 5.74) is 2.84. The molecule has 1 unspecified atom stereocenters. The van der Waals surface area contributed by atoms with Crippen LogP contribution in [0.5, 0.6) is 0 Å². The lowest BCUT2D eigenvalue weighted by molar-refractivity contribution is -0.139. The molecule has 0 bridgehead atoms. The van der Waals surface area contributed by atoms with Crippen LogP contribution < -0.4 is 5.32 Å². The fourth-order valence-corrected chi connectivity index (χ4v) is 3.27. The second-order valence-corrected chi connectivity index (χ2v) is 6.13. The highest BCUT2D eigenvalue weighted by Gasteiger charge is 2.42. The van der Waals surface area contributed by atoms with Gasteiger partial charge in [-0.25, -0.2) is 9.59 Å². The SMILES string of the molecule is CCCOC(=O)C1=C(C)NC2=C(C(=O)OC2)C1c1ccccc1Cl. The first-order valence-corrected chi connectivity index (χ1v) is 8.21. The minimum atomic E-state index is -0.589. The van der Waals surface area contributed by atoms with Crippen molar-refractivity contribution in [1.29, 1.82) is 0 Å². The number of hydrogen-bond acceptors (Lipinski definition) is 5. The lowest BCUT2D eigenvalue weighted by Gasteiger charge is -2.28. The Morgan fingerprint density at radius 2 is 2.17 bits per heavy atom. The fourth-order valence-electron chi connectivity index (χ4n) is 3.03. The third-order valence-electron chi connectivity index (χ3n) is 4.09. The smallest absolute Gasteiger partial charge is 0.337 e. The summed E-state index contributed by atoms with van der Waals surface area (Å²) in [5.74, 6) is -1.47. The molecule has 0 fully saturated rings. The highest BCUT2D eigenvalue weighted by molar-refractivity contribution is 6.31. The van der Waals surface area contributed by atoms with Gasteiger partial charge in [-0.15, -0.1) is 0 Å². The van der Waals surface area contributed by atoms with Crippen molar-refractivity contribution in [2.24, 2.45) is 0 Å². The first kappa shape index (κ1) is 16.6. The number of rotatable bonds is 4. The van der Waals surface area contributed by atoms with Gasteiger partial charge >= 0.3 is 11.9 Å². The van der Waals surface area contributed by atoms with Gasteiger partial charge in [0.15, 0.2) is 0 Å². The number of ether oxygens (including phenoxy) is 2. The molecule has 2 heterocycles. The van der Waals surface area contributed by atoms with Crippen LogP contribution in [0.2, 0.25) is 5.02 Å². The molecule has 1 N–H and O–H groups in total. The molecule has 0 amide bonds. The number of allylic oxidation sites excluding steroid dienone is 1. The quantitative estimate of drug-likeness (QED) is 0.848. The van der Waals surface area contributed by atoms with E-state index in [1.165, 1.54) is 0 Å². The lowest BCUT2D eigenvalue weighted by Crippen LogP contribution is -2.30. The molecule has 1 aromatic rings. The maximum atomic E-state index is 12.6. The standard InChI is InChI=1S/C18H18ClNO4/c1-3-8-23-17(21)14-10(2)20-13-9-24-18(22)16(13)15(14)11-6-4-5-7-12(11)19/h4-7,15,20H,3,8-9H2,1-2H3. The molecule has 2 aliphatic rings. The van der Waals surface area contributed by atoms with Crippen molar-refractivity contribution in [2.45, 2.75) is 26.2 Å². The van der Waals surface area contributed by atoms with Gasteiger partial charge in [0.1, 0.15) is 6.61 Å². The number of hydrogen-bond donors (Lipinski definition) is 1. The molecule has 3 rings (SSSR count). The zero-order valence-electron chi connectivity index (χ0n) is 13.5. The van der Waals surface area contributed by atoms with Crippen LogP contribution in [0, 0.1) is 0 Å². The summed E-state index contributed by atoms with van der Waals surface area (Å²) in [6.45, 7) is 4.21. The third-order valence-corrected chi connectivity index (χ3v) is 4.43. The van der Waals surface area contributed by atoms with E-state index in [2.05, 4.69) is 5.32 Å². The zero-order chi connectivity index (χ0) is 17.3. The number of dihydropyridines is 1. The van der Waals surface area contributed by atoms with E-state index >= 15 is 0 Å². The van der Waals surface area contributed by atoms with E-state index in [0.717, 1.165) is 6.42 Å². The first-order chi connectivity index (χ1) is 11.5. The topological polar surface area (TPSA) is 64.6 Å². The molecule has 0 saturated heterocycles. The van der Waals surface area contributed by atoms with Crippen molar-refractivity contribution in [3.05, 3.63) is 57.4 Å². The van der Waals surface area contributed by atoms with Gasteiger partial charge in [-0.05, 0) is 25.0 Å². The third kappa shape index (κ3) is 2.80. The van der Waals surface area contributed by atoms with Gasteiger partial charge in [0.2, 0.25) is 0 Å². The Balaban J connectivity index is 2.12. The molecule has 2 aliphatic heterocycles. The Bertz CT molecular complexity index is 766. The van der Waals surface area contributed by atoms with Crippen molar-refractivity contribution < 1.29 is 19.1 Å². The van der Waals surface area contributed by atoms with Gasteiger partial charge in [-0.1, -0.05) is 36.7 Å². The fraction of sp³-hybridized carbons (Fsp3) is 0.333. The predicted molar refractivity (Wildman–Crippen MR) is 89.3 cm³/mol. The number of halogens is 1. The molecule has 0 saturated carbocycles. The van der Waals surface area contributed by atoms with Crippen LogP contribution in [-0.2, 0) is 19.1 Å². The molecular weight excluding hydrogens is 330 g/mol. The van der Waals surface area contributed by atoms with E-state index in [4.69, 9.17) is 21.1 Å². The van der Waals surface area contributed by atoms with E-state index in [1.807, 2.05) is 19.1 Å². The van der Waals surface area contributed by atoms with Crippen LogP contribution in [0.3, 0.4) is 0 Å². The molecule has 1 aromatic carbocycles. The zero-order valence-corrected chi connectivity index (χ0v) is 14.3. The Kier molecular flexibility index (Phi) is 4.62. The molecular formula is C18H18ClNO4. The Morgan fingerprint density at radius 3 is 2.88 bits per heavy atom. The van der Waals surface area contributed by atoms with Gasteiger partial charge in [-0.3, -0.25) is 0 Å². The van der Waals surface area contributed by atoms with Crippen molar-refractivity contribution in [2.75, 3.05) is 13.2 Å². The van der Waals surface area contributed by atoms with Crippen molar-refractivity contribution in [1.82, 2.24) is 5.32 Å². The molecule has 5 nitrogen and oxygen atoms in total. The maximum absolute atomic E-state index is 12.6. The Hall–Kier alpha value is -2.27. The van der Waals surface area contributed by atoms with E-state index in [0.29, 0.717) is 39.7 Å². The summed E-state index contributed by atoms with van der Waals surface area (Å²) in [4.78, 5) is 24.9. The number of nitrogens with one attached hydrogen (secondary N) is 1. The highest BCUT2D eigenvalue weighted by atomic mass is 35.5. The molecule has 0 radical (unpaired) electrons. The average molecular weight is 348 g/mol. The summed E-state index contributed by atoms with van der Waals surface area (Å²) in [7, 11) is 0.